The summed E-state index contributed by atoms with van der Waals surface area (Å²) in [5.41, 5.74) is 0.505. The Kier molecular flexibility index (Phi) is 6.08. The minimum Gasteiger partial charge on any atom is -0.444 e. The van der Waals surface area contributed by atoms with E-state index in [2.05, 4.69) is 21.0 Å². The van der Waals surface area contributed by atoms with Gasteiger partial charge < -0.3 is 9.84 Å². The molecule has 1 aliphatic rings. The van der Waals surface area contributed by atoms with Crippen molar-refractivity contribution < 1.29 is 14.6 Å². The quantitative estimate of drug-likeness (QED) is 0.786. The number of aliphatic hydroxyl groups is 1. The number of carbonyl (C=O) groups is 1. The first-order valence-electron chi connectivity index (χ1n) is 8.13. The molecule has 0 spiro atoms. The van der Waals surface area contributed by atoms with Gasteiger partial charge in [-0.3, -0.25) is 9.58 Å². The lowest BCUT2D eigenvalue weighted by atomic mass is 10.0. The van der Waals surface area contributed by atoms with E-state index in [1.165, 1.54) is 0 Å². The Labute approximate surface area is 145 Å². The SMILES string of the molecule is CC(C)(C)OC(=O)N1Cc2cc(Br)nn2C[C@H]1CCCCCO. The Balaban J connectivity index is 2.09. The lowest BCUT2D eigenvalue weighted by Gasteiger charge is -2.37. The van der Waals surface area contributed by atoms with Crippen molar-refractivity contribution in [1.29, 1.82) is 0 Å². The van der Waals surface area contributed by atoms with Crippen molar-refractivity contribution in [1.82, 2.24) is 14.7 Å². The third kappa shape index (κ3) is 5.21. The van der Waals surface area contributed by atoms with Crippen molar-refractivity contribution in [2.24, 2.45) is 0 Å². The van der Waals surface area contributed by atoms with Gasteiger partial charge >= 0.3 is 6.09 Å². The van der Waals surface area contributed by atoms with Crippen molar-refractivity contribution >= 4 is 22.0 Å². The van der Waals surface area contributed by atoms with Gasteiger partial charge in [-0.15, -0.1) is 0 Å². The molecule has 1 atom stereocenters. The number of amides is 1. The van der Waals surface area contributed by atoms with E-state index in [0.717, 1.165) is 36.0 Å². The van der Waals surface area contributed by atoms with E-state index >= 15 is 0 Å². The highest BCUT2D eigenvalue weighted by molar-refractivity contribution is 9.10. The summed E-state index contributed by atoms with van der Waals surface area (Å²) in [6.45, 7) is 7.05. The standard InChI is InChI=1S/C16H26BrN3O3/c1-16(2,3)23-15(22)19-10-13-9-14(17)18-20(13)11-12(19)7-5-4-6-8-21/h9,12,21H,4-8,10-11H2,1-3H3/t12-/m1/s1. The second-order valence-corrected chi connectivity index (χ2v) is 7.79. The summed E-state index contributed by atoms with van der Waals surface area (Å²) < 4.78 is 8.31. The maximum Gasteiger partial charge on any atom is 0.410 e. The number of hydrogen-bond donors (Lipinski definition) is 1. The molecule has 7 heteroatoms. The molecule has 2 rings (SSSR count). The van der Waals surface area contributed by atoms with Crippen molar-refractivity contribution in [3.8, 4) is 0 Å². The Morgan fingerprint density at radius 2 is 2.17 bits per heavy atom. The van der Waals surface area contributed by atoms with Gasteiger partial charge in [0.25, 0.3) is 0 Å². The number of aliphatic hydroxyl groups excluding tert-OH is 1. The zero-order valence-corrected chi connectivity index (χ0v) is 15.7. The number of unbranched alkanes of at least 4 members (excludes halogenated alkanes) is 2. The number of nitrogens with zero attached hydrogens (tertiary/aromatic N) is 3. The molecule has 0 aliphatic carbocycles. The molecule has 1 amide bonds. The Morgan fingerprint density at radius 1 is 1.43 bits per heavy atom. The second-order valence-electron chi connectivity index (χ2n) is 6.98. The maximum atomic E-state index is 12.6. The molecule has 0 fully saturated rings. The normalized spacial score (nSPS) is 18.0. The molecule has 23 heavy (non-hydrogen) atoms. The van der Waals surface area contributed by atoms with Crippen LogP contribution < -0.4 is 0 Å². The largest absolute Gasteiger partial charge is 0.444 e. The summed E-state index contributed by atoms with van der Waals surface area (Å²) in [5.74, 6) is 0. The highest BCUT2D eigenvalue weighted by Gasteiger charge is 2.33. The highest BCUT2D eigenvalue weighted by atomic mass is 79.9. The van der Waals surface area contributed by atoms with Crippen LogP contribution >= 0.6 is 15.9 Å². The topological polar surface area (TPSA) is 67.6 Å². The van der Waals surface area contributed by atoms with Crippen LogP contribution in [0, 0.1) is 0 Å². The van der Waals surface area contributed by atoms with Crippen LogP contribution in [0.5, 0.6) is 0 Å². The number of aromatic nitrogens is 2. The van der Waals surface area contributed by atoms with Gasteiger partial charge in [-0.25, -0.2) is 4.79 Å². The van der Waals surface area contributed by atoms with Crippen LogP contribution in [0.3, 0.4) is 0 Å². The van der Waals surface area contributed by atoms with Crippen molar-refractivity contribution in [2.45, 2.75) is 71.2 Å². The summed E-state index contributed by atoms with van der Waals surface area (Å²) in [7, 11) is 0. The summed E-state index contributed by atoms with van der Waals surface area (Å²) in [6.07, 6.45) is 3.36. The van der Waals surface area contributed by atoms with Crippen molar-refractivity contribution in [2.75, 3.05) is 6.61 Å². The van der Waals surface area contributed by atoms with Gasteiger partial charge in [0.1, 0.15) is 10.2 Å². The minimum absolute atomic E-state index is 0.0721. The van der Waals surface area contributed by atoms with E-state index in [9.17, 15) is 4.79 Å². The van der Waals surface area contributed by atoms with Crippen LogP contribution in [-0.4, -0.2) is 44.1 Å². The summed E-state index contributed by atoms with van der Waals surface area (Å²) in [6, 6.07) is 2.02. The number of rotatable bonds is 5. The average Bonchev–Trinajstić information content (AvgIpc) is 2.79. The summed E-state index contributed by atoms with van der Waals surface area (Å²) in [4.78, 5) is 14.4. The van der Waals surface area contributed by atoms with Crippen molar-refractivity contribution in [3.05, 3.63) is 16.4 Å². The summed E-state index contributed by atoms with van der Waals surface area (Å²) in [5, 5.41) is 13.3. The zero-order valence-electron chi connectivity index (χ0n) is 14.1. The smallest absolute Gasteiger partial charge is 0.410 e. The average molecular weight is 388 g/mol. The molecule has 1 aromatic heterocycles. The molecule has 1 N–H and O–H groups in total. The van der Waals surface area contributed by atoms with E-state index < -0.39 is 5.60 Å². The molecular weight excluding hydrogens is 362 g/mol. The van der Waals surface area contributed by atoms with Gasteiger partial charge in [0.05, 0.1) is 24.8 Å². The van der Waals surface area contributed by atoms with Crippen LogP contribution in [0.15, 0.2) is 10.7 Å². The van der Waals surface area contributed by atoms with Crippen LogP contribution in [0.25, 0.3) is 0 Å². The number of carbonyl (C=O) groups excluding carboxylic acids is 1. The maximum absolute atomic E-state index is 12.6. The molecule has 0 unspecified atom stereocenters. The molecule has 0 radical (unpaired) electrons. The van der Waals surface area contributed by atoms with Crippen LogP contribution in [0.1, 0.15) is 52.1 Å². The van der Waals surface area contributed by atoms with Gasteiger partial charge in [-0.2, -0.15) is 5.10 Å². The molecule has 2 heterocycles. The van der Waals surface area contributed by atoms with Crippen LogP contribution in [0.2, 0.25) is 0 Å². The third-order valence-electron chi connectivity index (χ3n) is 3.81. The fourth-order valence-electron chi connectivity index (χ4n) is 2.76. The monoisotopic (exact) mass is 387 g/mol. The van der Waals surface area contributed by atoms with E-state index in [1.807, 2.05) is 36.4 Å². The third-order valence-corrected chi connectivity index (χ3v) is 4.20. The number of fused-ring (bicyclic) bond motifs is 1. The van der Waals surface area contributed by atoms with Crippen LogP contribution in [-0.2, 0) is 17.8 Å². The first-order chi connectivity index (χ1) is 10.8. The molecule has 0 bridgehead atoms. The molecular formula is C16H26BrN3O3. The zero-order chi connectivity index (χ0) is 17.0. The van der Waals surface area contributed by atoms with Gasteiger partial charge in [0, 0.05) is 6.61 Å². The molecule has 0 saturated heterocycles. The molecule has 0 aromatic carbocycles. The predicted octanol–water partition coefficient (Wildman–Crippen LogP) is 3.32. The number of hydrogen-bond acceptors (Lipinski definition) is 4. The molecule has 1 aliphatic heterocycles. The minimum atomic E-state index is -0.503. The fraction of sp³-hybridized carbons (Fsp3) is 0.750. The number of halogens is 1. The first-order valence-corrected chi connectivity index (χ1v) is 8.92. The van der Waals surface area contributed by atoms with Gasteiger partial charge in [-0.05, 0) is 55.6 Å². The molecule has 1 aromatic rings. The molecule has 6 nitrogen and oxygen atoms in total. The van der Waals surface area contributed by atoms with Crippen LogP contribution in [0.4, 0.5) is 4.79 Å². The second kappa shape index (κ2) is 7.66. The lowest BCUT2D eigenvalue weighted by Crippen LogP contribution is -2.48. The molecule has 130 valence electrons. The first kappa shape index (κ1) is 18.3. The lowest BCUT2D eigenvalue weighted by molar-refractivity contribution is 0.00525. The highest BCUT2D eigenvalue weighted by Crippen LogP contribution is 2.25. The van der Waals surface area contributed by atoms with Crippen molar-refractivity contribution in [3.63, 3.8) is 0 Å². The fourth-order valence-corrected chi connectivity index (χ4v) is 3.21. The van der Waals surface area contributed by atoms with Gasteiger partial charge in [-0.1, -0.05) is 12.8 Å². The Hall–Kier alpha value is -1.08. The van der Waals surface area contributed by atoms with Gasteiger partial charge in [0.2, 0.25) is 0 Å². The van der Waals surface area contributed by atoms with E-state index in [-0.39, 0.29) is 18.7 Å². The van der Waals surface area contributed by atoms with E-state index in [0.29, 0.717) is 13.1 Å². The van der Waals surface area contributed by atoms with E-state index in [1.54, 1.807) is 0 Å². The van der Waals surface area contributed by atoms with Gasteiger partial charge in [0.15, 0.2) is 0 Å². The molecule has 0 saturated carbocycles. The predicted molar refractivity (Wildman–Crippen MR) is 91.0 cm³/mol. The Bertz CT molecular complexity index is 539. The number of ether oxygens (including phenoxy) is 1. The Morgan fingerprint density at radius 3 is 2.83 bits per heavy atom. The summed E-state index contributed by atoms with van der Waals surface area (Å²) >= 11 is 3.40. The van der Waals surface area contributed by atoms with E-state index in [4.69, 9.17) is 9.84 Å².